The van der Waals surface area contributed by atoms with E-state index in [1.54, 1.807) is 0 Å². The largest absolute Gasteiger partial charge is 0.445 e. The summed E-state index contributed by atoms with van der Waals surface area (Å²) in [6, 6.07) is 0. The van der Waals surface area contributed by atoms with Crippen LogP contribution in [0.3, 0.4) is 0 Å². The van der Waals surface area contributed by atoms with Crippen molar-refractivity contribution in [1.29, 1.82) is 5.41 Å². The Kier molecular flexibility index (Phi) is 19.1. The third-order valence-electron chi connectivity index (χ3n) is 1.95. The first-order chi connectivity index (χ1) is 7.23. The van der Waals surface area contributed by atoms with Gasteiger partial charge in [-0.25, -0.2) is 0 Å². The molecule has 1 rings (SSSR count). The molecule has 6 nitrogen and oxygen atoms in total. The number of hydrogen-bond donors (Lipinski definition) is 4. The molecule has 4 N–H and O–H groups in total. The quantitative estimate of drug-likeness (QED) is 0.166. The average molecular weight is 976 g/mol. The fraction of sp³-hybridized carbons (Fsp3) is 0.857. The molecule has 0 amide bonds. The van der Waals surface area contributed by atoms with E-state index in [-0.39, 0.29) is 139 Å². The number of aliphatic hydroxyl groups is 3. The number of aliphatic hydroxyl groups excluding tert-OH is 3. The summed E-state index contributed by atoms with van der Waals surface area (Å²) in [5.74, 6) is -0.745. The molecule has 0 aromatic heterocycles. The SMILES string of the molecule is N=C(O[C@@H]1OC[C@H](O)[C@H](O)C1O)C(Cl)(Cl)Cl.[Ac].[Ac].[Ac]. The van der Waals surface area contributed by atoms with Crippen LogP contribution in [0, 0.1) is 138 Å². The Labute approximate surface area is 232 Å². The molecule has 0 aliphatic carbocycles. The summed E-state index contributed by atoms with van der Waals surface area (Å²) >= 11 is 16.0. The molecule has 0 spiro atoms. The van der Waals surface area contributed by atoms with Gasteiger partial charge in [0.2, 0.25) is 12.2 Å². The summed E-state index contributed by atoms with van der Waals surface area (Å²) in [6.45, 7) is -0.254. The van der Waals surface area contributed by atoms with Crippen molar-refractivity contribution in [3.63, 3.8) is 0 Å². The van der Waals surface area contributed by atoms with Crippen molar-refractivity contribution in [3.05, 3.63) is 0 Å². The molecule has 0 saturated carbocycles. The maximum absolute atomic E-state index is 9.44. The van der Waals surface area contributed by atoms with Gasteiger partial charge in [0.25, 0.3) is 3.79 Å². The van der Waals surface area contributed by atoms with Gasteiger partial charge < -0.3 is 24.8 Å². The molecule has 1 unspecified atom stereocenters. The van der Waals surface area contributed by atoms with Gasteiger partial charge in [0.1, 0.15) is 18.3 Å². The van der Waals surface area contributed by atoms with Crippen LogP contribution < -0.4 is 0 Å². The minimum absolute atomic E-state index is 0. The summed E-state index contributed by atoms with van der Waals surface area (Å²) in [5, 5.41) is 35.1. The van der Waals surface area contributed by atoms with Gasteiger partial charge >= 0.3 is 0 Å². The van der Waals surface area contributed by atoms with Gasteiger partial charge in [-0.05, 0) is 0 Å². The second-order valence-electron chi connectivity index (χ2n) is 3.19. The Morgan fingerprint density at radius 2 is 1.58 bits per heavy atom. The second-order valence-corrected chi connectivity index (χ2v) is 5.48. The molecule has 0 aromatic carbocycles. The van der Waals surface area contributed by atoms with Crippen molar-refractivity contribution in [1.82, 2.24) is 0 Å². The van der Waals surface area contributed by atoms with E-state index in [1.165, 1.54) is 0 Å². The van der Waals surface area contributed by atoms with E-state index in [9.17, 15) is 10.2 Å². The van der Waals surface area contributed by atoms with Gasteiger partial charge in [0.05, 0.1) is 6.61 Å². The van der Waals surface area contributed by atoms with E-state index >= 15 is 0 Å². The molecule has 4 atom stereocenters. The summed E-state index contributed by atoms with van der Waals surface area (Å²) in [4.78, 5) is 0. The number of ether oxygens (including phenoxy) is 2. The number of halogens is 3. The molecule has 19 heavy (non-hydrogen) atoms. The van der Waals surface area contributed by atoms with E-state index in [0.717, 1.165) is 0 Å². The molecule has 3 radical (unpaired) electrons. The molecule has 0 bridgehead atoms. The smallest absolute Gasteiger partial charge is 0.265 e. The van der Waals surface area contributed by atoms with E-state index in [1.807, 2.05) is 0 Å². The van der Waals surface area contributed by atoms with Crippen LogP contribution in [0.15, 0.2) is 0 Å². The maximum atomic E-state index is 9.44. The fourth-order valence-corrected chi connectivity index (χ4v) is 1.20. The monoisotopic (exact) mass is 974 g/mol. The third-order valence-corrected chi connectivity index (χ3v) is 2.46. The van der Waals surface area contributed by atoms with Gasteiger partial charge in [0.15, 0.2) is 0 Å². The van der Waals surface area contributed by atoms with Crippen molar-refractivity contribution in [2.24, 2.45) is 0 Å². The predicted molar refractivity (Wildman–Crippen MR) is 56.9 cm³/mol. The molecule has 103 valence electrons. The molecule has 12 heteroatoms. The van der Waals surface area contributed by atoms with Crippen LogP contribution in [0.5, 0.6) is 0 Å². The number of alkyl halides is 3. The Bertz CT molecular complexity index is 283. The second kappa shape index (κ2) is 12.8. The zero-order valence-corrected chi connectivity index (χ0v) is 26.0. The van der Waals surface area contributed by atoms with Crippen molar-refractivity contribution in [2.75, 3.05) is 6.61 Å². The fourth-order valence-electron chi connectivity index (χ4n) is 1.07. The van der Waals surface area contributed by atoms with Crippen molar-refractivity contribution < 1.29 is 157 Å². The van der Waals surface area contributed by atoms with E-state index < -0.39 is 34.3 Å². The number of hydrogen-bond acceptors (Lipinski definition) is 6. The average Bonchev–Trinajstić information content (AvgIpc) is 2.17. The molecule has 1 heterocycles. The van der Waals surface area contributed by atoms with Crippen molar-refractivity contribution in [3.8, 4) is 0 Å². The summed E-state index contributed by atoms with van der Waals surface area (Å²) in [5.41, 5.74) is 0. The van der Waals surface area contributed by atoms with E-state index in [4.69, 9.17) is 54.8 Å². The zero-order valence-electron chi connectivity index (χ0n) is 9.54. The molecular formula is C7H10Ac3Cl3NO5. The molecular weight excluding hydrogens is 965 g/mol. The number of rotatable bonds is 1. The number of nitrogens with one attached hydrogen (secondary N) is 1. The molecule has 1 aliphatic heterocycles. The third kappa shape index (κ3) is 9.53. The Hall–Kier alpha value is 4.50. The van der Waals surface area contributed by atoms with Crippen LogP contribution >= 0.6 is 34.8 Å². The summed E-state index contributed by atoms with van der Waals surface area (Å²) in [7, 11) is 0. The Morgan fingerprint density at radius 3 is 2.00 bits per heavy atom. The van der Waals surface area contributed by atoms with Gasteiger partial charge in [-0.1, -0.05) is 34.8 Å². The van der Waals surface area contributed by atoms with Gasteiger partial charge in [-0.15, -0.1) is 0 Å². The zero-order chi connectivity index (χ0) is 12.5. The van der Waals surface area contributed by atoms with Crippen LogP contribution in [0.1, 0.15) is 0 Å². The van der Waals surface area contributed by atoms with Crippen LogP contribution in [0.4, 0.5) is 0 Å². The first-order valence-corrected chi connectivity index (χ1v) is 5.35. The standard InChI is InChI=1S/C7H10Cl3NO5.3Ac/c8-7(9,10)6(11)16-5-4(14)3(13)2(12)1-15-5;;;/h2-5,11-14H,1H2;;;/t2-,3-,4?,5-;;;/m0.../s1. The van der Waals surface area contributed by atoms with Crippen LogP contribution in [0.2, 0.25) is 0 Å². The van der Waals surface area contributed by atoms with Gasteiger partial charge in [0, 0.05) is 132 Å². The Morgan fingerprint density at radius 1 is 1.11 bits per heavy atom. The summed E-state index contributed by atoms with van der Waals surface area (Å²) in [6.07, 6.45) is -5.56. The molecule has 1 fully saturated rings. The van der Waals surface area contributed by atoms with Gasteiger partial charge in [-0.2, -0.15) is 0 Å². The molecule has 1 saturated heterocycles. The minimum atomic E-state index is -2.08. The molecule has 1 aliphatic rings. The van der Waals surface area contributed by atoms with Crippen LogP contribution in [0.25, 0.3) is 0 Å². The Balaban J connectivity index is -0.000000853. The minimum Gasteiger partial charge on any atom is -0.445 e. The van der Waals surface area contributed by atoms with Gasteiger partial charge in [-0.3, -0.25) is 5.41 Å². The normalized spacial score (nSPS) is 30.2. The maximum Gasteiger partial charge on any atom is 0.265 e. The van der Waals surface area contributed by atoms with Crippen molar-refractivity contribution in [2.45, 2.75) is 28.4 Å². The summed E-state index contributed by atoms with van der Waals surface area (Å²) < 4.78 is 7.49. The topological polar surface area (TPSA) is 103 Å². The van der Waals surface area contributed by atoms with E-state index in [0.29, 0.717) is 0 Å². The molecule has 0 aromatic rings. The van der Waals surface area contributed by atoms with E-state index in [2.05, 4.69) is 0 Å². The first-order valence-electron chi connectivity index (χ1n) is 4.21. The first kappa shape index (κ1) is 28.3. The van der Waals surface area contributed by atoms with Crippen LogP contribution in [-0.4, -0.2) is 56.2 Å². The van der Waals surface area contributed by atoms with Crippen molar-refractivity contribution >= 4 is 40.7 Å². The van der Waals surface area contributed by atoms with Crippen LogP contribution in [-0.2, 0) is 9.47 Å². The predicted octanol–water partition coefficient (Wildman–Crippen LogP) is -0.211.